The lowest BCUT2D eigenvalue weighted by Gasteiger charge is -2.40. The van der Waals surface area contributed by atoms with Crippen molar-refractivity contribution in [3.05, 3.63) is 24.3 Å². The van der Waals surface area contributed by atoms with Crippen molar-refractivity contribution in [3.8, 4) is 0 Å². The summed E-state index contributed by atoms with van der Waals surface area (Å²) in [4.78, 5) is 47.5. The van der Waals surface area contributed by atoms with Crippen LogP contribution in [0.5, 0.6) is 0 Å². The Morgan fingerprint density at radius 1 is 0.917 bits per heavy atom. The largest absolute Gasteiger partial charge is 0.396 e. The molecule has 5 aliphatic rings. The van der Waals surface area contributed by atoms with Gasteiger partial charge in [0.05, 0.1) is 17.4 Å². The fraction of sp³-hybridized carbons (Fsp3) is 0.750. The van der Waals surface area contributed by atoms with Crippen LogP contribution in [-0.2, 0) is 19.1 Å². The minimum atomic E-state index is -1.15. The molecule has 198 valence electrons. The van der Waals surface area contributed by atoms with Crippen LogP contribution in [0.15, 0.2) is 24.3 Å². The number of rotatable bonds is 7. The second-order valence-electron chi connectivity index (χ2n) is 11.5. The number of likely N-dealkylation sites (N-methyl/N-ethyl adjacent to an activating group) is 1. The highest BCUT2D eigenvalue weighted by atomic mass is 16.5. The number of likely N-dealkylation sites (tertiary alicyclic amines) is 1. The van der Waals surface area contributed by atoms with Gasteiger partial charge in [0, 0.05) is 39.3 Å². The van der Waals surface area contributed by atoms with Crippen LogP contribution in [-0.4, -0.2) is 94.1 Å². The number of unbranched alkanes of at least 4 members (excludes halogenated alkanes) is 3. The summed E-state index contributed by atoms with van der Waals surface area (Å²) in [7, 11) is 1.76. The molecule has 1 unspecified atom stereocenters. The van der Waals surface area contributed by atoms with Crippen LogP contribution >= 0.6 is 0 Å². The van der Waals surface area contributed by atoms with Crippen molar-refractivity contribution < 1.29 is 24.2 Å². The zero-order valence-electron chi connectivity index (χ0n) is 21.7. The predicted octanol–water partition coefficient (Wildman–Crippen LogP) is 2.27. The van der Waals surface area contributed by atoms with Gasteiger partial charge in [0.25, 0.3) is 0 Å². The Morgan fingerprint density at radius 2 is 1.64 bits per heavy atom. The summed E-state index contributed by atoms with van der Waals surface area (Å²) >= 11 is 0. The molecule has 5 rings (SSSR count). The number of ether oxygens (including phenoxy) is 1. The Balaban J connectivity index is 1.53. The van der Waals surface area contributed by atoms with Gasteiger partial charge in [-0.3, -0.25) is 14.4 Å². The number of aliphatic hydroxyl groups is 1. The normalized spacial score (nSPS) is 36.7. The van der Waals surface area contributed by atoms with Gasteiger partial charge in [-0.05, 0) is 32.6 Å². The van der Waals surface area contributed by atoms with E-state index in [1.54, 1.807) is 16.8 Å². The molecule has 0 aromatic carbocycles. The number of carbonyl (C=O) groups excluding carboxylic acids is 3. The summed E-state index contributed by atoms with van der Waals surface area (Å²) in [6.45, 7) is 3.50. The first-order chi connectivity index (χ1) is 17.3. The van der Waals surface area contributed by atoms with Gasteiger partial charge in [-0.1, -0.05) is 56.4 Å². The van der Waals surface area contributed by atoms with Gasteiger partial charge in [0.2, 0.25) is 17.7 Å². The molecule has 0 radical (unpaired) electrons. The molecule has 1 aliphatic carbocycles. The van der Waals surface area contributed by atoms with E-state index in [1.807, 2.05) is 36.1 Å². The Bertz CT molecular complexity index is 943. The van der Waals surface area contributed by atoms with E-state index in [1.165, 1.54) is 6.42 Å². The number of nitrogens with zero attached hydrogens (tertiary/aromatic N) is 3. The van der Waals surface area contributed by atoms with Crippen molar-refractivity contribution in [2.45, 2.75) is 88.0 Å². The van der Waals surface area contributed by atoms with Gasteiger partial charge in [-0.15, -0.1) is 0 Å². The number of hydrogen-bond donors (Lipinski definition) is 1. The molecule has 4 aliphatic heterocycles. The molecule has 8 nitrogen and oxygen atoms in total. The molecule has 8 heteroatoms. The second-order valence-corrected chi connectivity index (χ2v) is 11.5. The van der Waals surface area contributed by atoms with Crippen molar-refractivity contribution in [1.29, 1.82) is 0 Å². The maximum Gasteiger partial charge on any atom is 0.249 e. The van der Waals surface area contributed by atoms with Crippen molar-refractivity contribution in [2.24, 2.45) is 11.8 Å². The maximum absolute atomic E-state index is 14.3. The van der Waals surface area contributed by atoms with E-state index >= 15 is 0 Å². The van der Waals surface area contributed by atoms with E-state index in [0.717, 1.165) is 51.4 Å². The Labute approximate surface area is 214 Å². The average molecular weight is 500 g/mol. The summed E-state index contributed by atoms with van der Waals surface area (Å²) in [5.41, 5.74) is -2.10. The highest BCUT2D eigenvalue weighted by Gasteiger charge is 2.74. The lowest BCUT2D eigenvalue weighted by molar-refractivity contribution is -0.154. The Morgan fingerprint density at radius 3 is 2.39 bits per heavy atom. The first kappa shape index (κ1) is 25.5. The first-order valence-electron chi connectivity index (χ1n) is 13.9. The third kappa shape index (κ3) is 4.01. The lowest BCUT2D eigenvalue weighted by Crippen LogP contribution is -2.57. The van der Waals surface area contributed by atoms with E-state index in [-0.39, 0.29) is 30.4 Å². The standard InChI is InChI=1S/C28H41N3O5/c1-27-14-10-16-29(2)24(33)21(27)22-25(34)31(17-8-3-4-9-19-32)23-26(35)30(20-12-6-5-7-13-20)18-11-15-28(22,23)36-27/h10-11,14-15,20-23,32H,3-9,12-13,16-19H2,1-2H3/t21-,22-,23?,27+,28-/m0/s1. The zero-order valence-corrected chi connectivity index (χ0v) is 21.7. The van der Waals surface area contributed by atoms with Crippen molar-refractivity contribution in [3.63, 3.8) is 0 Å². The first-order valence-corrected chi connectivity index (χ1v) is 13.9. The van der Waals surface area contributed by atoms with Crippen LogP contribution in [0, 0.1) is 11.8 Å². The van der Waals surface area contributed by atoms with Crippen molar-refractivity contribution >= 4 is 17.7 Å². The van der Waals surface area contributed by atoms with Gasteiger partial charge in [-0.25, -0.2) is 0 Å². The molecule has 4 heterocycles. The molecular weight excluding hydrogens is 458 g/mol. The Kier molecular flexibility index (Phi) is 7.03. The molecule has 1 spiro atoms. The average Bonchev–Trinajstić information content (AvgIpc) is 3.14. The maximum atomic E-state index is 14.3. The molecular formula is C28H41N3O5. The molecule has 36 heavy (non-hydrogen) atoms. The molecule has 3 amide bonds. The SMILES string of the molecule is CN1CC=C[C@@]2(C)O[C@]34C=CCN(C5CCCCC5)C(=O)C3N(CCCCCCO)C(=O)[C@@H]4[C@H]2C1=O. The van der Waals surface area contributed by atoms with Crippen LogP contribution in [0.1, 0.15) is 64.7 Å². The predicted molar refractivity (Wildman–Crippen MR) is 135 cm³/mol. The zero-order chi connectivity index (χ0) is 25.5. The number of aliphatic hydroxyl groups excluding tert-OH is 1. The summed E-state index contributed by atoms with van der Waals surface area (Å²) in [6.07, 6.45) is 16.5. The Hall–Kier alpha value is -2.19. The quantitative estimate of drug-likeness (QED) is 0.429. The smallest absolute Gasteiger partial charge is 0.249 e. The highest BCUT2D eigenvalue weighted by molar-refractivity contribution is 6.00. The van der Waals surface area contributed by atoms with E-state index in [9.17, 15) is 14.4 Å². The molecule has 1 N–H and O–H groups in total. The number of fused-ring (bicyclic) bond motifs is 2. The van der Waals surface area contributed by atoms with Gasteiger partial charge >= 0.3 is 0 Å². The summed E-state index contributed by atoms with van der Waals surface area (Å²) in [6, 6.07) is -0.578. The second kappa shape index (κ2) is 9.93. The molecule has 2 saturated heterocycles. The number of amides is 3. The van der Waals surface area contributed by atoms with Gasteiger partial charge in [-0.2, -0.15) is 0 Å². The van der Waals surface area contributed by atoms with Gasteiger partial charge in [0.1, 0.15) is 11.6 Å². The van der Waals surface area contributed by atoms with Crippen molar-refractivity contribution in [2.75, 3.05) is 33.3 Å². The fourth-order valence-corrected chi connectivity index (χ4v) is 7.37. The molecule has 5 atom stereocenters. The van der Waals surface area contributed by atoms with Crippen LogP contribution in [0.2, 0.25) is 0 Å². The van der Waals surface area contributed by atoms with Crippen LogP contribution < -0.4 is 0 Å². The summed E-state index contributed by atoms with van der Waals surface area (Å²) in [5.74, 6) is -1.68. The van der Waals surface area contributed by atoms with Gasteiger partial charge in [0.15, 0.2) is 0 Å². The fourth-order valence-electron chi connectivity index (χ4n) is 7.37. The lowest BCUT2D eigenvalue weighted by atomic mass is 9.74. The van der Waals surface area contributed by atoms with E-state index in [0.29, 0.717) is 19.6 Å². The van der Waals surface area contributed by atoms with Crippen LogP contribution in [0.3, 0.4) is 0 Å². The topological polar surface area (TPSA) is 90.4 Å². The van der Waals surface area contributed by atoms with E-state index < -0.39 is 29.1 Å². The number of hydrogen-bond acceptors (Lipinski definition) is 5. The van der Waals surface area contributed by atoms with Crippen molar-refractivity contribution in [1.82, 2.24) is 14.7 Å². The van der Waals surface area contributed by atoms with E-state index in [4.69, 9.17) is 9.84 Å². The summed E-state index contributed by atoms with van der Waals surface area (Å²) < 4.78 is 6.83. The molecule has 0 aromatic heterocycles. The highest BCUT2D eigenvalue weighted by Crippen LogP contribution is 2.57. The van der Waals surface area contributed by atoms with Crippen LogP contribution in [0.25, 0.3) is 0 Å². The van der Waals surface area contributed by atoms with E-state index in [2.05, 4.69) is 0 Å². The molecule has 0 bridgehead atoms. The van der Waals surface area contributed by atoms with Gasteiger partial charge < -0.3 is 24.5 Å². The minimum Gasteiger partial charge on any atom is -0.396 e. The number of carbonyl (C=O) groups is 3. The minimum absolute atomic E-state index is 0.0389. The molecule has 3 fully saturated rings. The van der Waals surface area contributed by atoms with Crippen LogP contribution in [0.4, 0.5) is 0 Å². The molecule has 0 aromatic rings. The third-order valence-electron chi connectivity index (χ3n) is 9.11. The third-order valence-corrected chi connectivity index (χ3v) is 9.11. The molecule has 1 saturated carbocycles. The summed E-state index contributed by atoms with van der Waals surface area (Å²) in [5, 5.41) is 9.12. The monoisotopic (exact) mass is 499 g/mol.